The molecule has 190 valence electrons. The van der Waals surface area contributed by atoms with Gasteiger partial charge >= 0.3 is 0 Å². The van der Waals surface area contributed by atoms with E-state index in [-0.39, 0.29) is 27.9 Å². The van der Waals surface area contributed by atoms with Crippen molar-refractivity contribution in [2.45, 2.75) is 37.1 Å². The van der Waals surface area contributed by atoms with Crippen molar-refractivity contribution in [3.8, 4) is 11.4 Å². The Labute approximate surface area is 215 Å². The Morgan fingerprint density at radius 3 is 2.43 bits per heavy atom. The van der Waals surface area contributed by atoms with E-state index in [2.05, 4.69) is 20.2 Å². The molecule has 1 fully saturated rings. The topological polar surface area (TPSA) is 140 Å². The fraction of sp³-hybridized carbons (Fsp3) is 0.222. The number of aromatic nitrogens is 2. The van der Waals surface area contributed by atoms with Crippen LogP contribution in [0.15, 0.2) is 88.3 Å². The van der Waals surface area contributed by atoms with Crippen molar-refractivity contribution in [2.24, 2.45) is 11.1 Å². The zero-order valence-corrected chi connectivity index (χ0v) is 21.0. The van der Waals surface area contributed by atoms with E-state index < -0.39 is 16.1 Å². The number of carbonyl (C=O) groups excluding carboxylic acids is 1. The highest BCUT2D eigenvalue weighted by atomic mass is 32.2. The molecule has 1 aromatic heterocycles. The van der Waals surface area contributed by atoms with E-state index in [4.69, 9.17) is 10.3 Å². The fourth-order valence-corrected chi connectivity index (χ4v) is 4.90. The summed E-state index contributed by atoms with van der Waals surface area (Å²) in [5.74, 6) is 0.497. The number of hydrogen-bond acceptors (Lipinski definition) is 7. The van der Waals surface area contributed by atoms with Gasteiger partial charge in [0.25, 0.3) is 10.0 Å². The molecule has 5 rings (SSSR count). The van der Waals surface area contributed by atoms with Gasteiger partial charge in [0.05, 0.1) is 10.9 Å². The lowest BCUT2D eigenvalue weighted by atomic mass is 10.1. The Morgan fingerprint density at radius 1 is 1.03 bits per heavy atom. The molecule has 1 heterocycles. The lowest BCUT2D eigenvalue weighted by Crippen LogP contribution is -2.21. The number of amides is 1. The molecule has 0 bridgehead atoms. The average molecular weight is 518 g/mol. The monoisotopic (exact) mass is 517 g/mol. The summed E-state index contributed by atoms with van der Waals surface area (Å²) >= 11 is 0. The summed E-state index contributed by atoms with van der Waals surface area (Å²) in [6, 6.07) is 22.1. The Kier molecular flexibility index (Phi) is 6.53. The van der Waals surface area contributed by atoms with Crippen LogP contribution in [0.5, 0.6) is 0 Å². The summed E-state index contributed by atoms with van der Waals surface area (Å²) in [5, 5.41) is 6.86. The van der Waals surface area contributed by atoms with Gasteiger partial charge in [0, 0.05) is 22.4 Å². The van der Waals surface area contributed by atoms with Crippen LogP contribution in [0.4, 0.5) is 11.4 Å². The number of anilines is 2. The predicted molar refractivity (Wildman–Crippen MR) is 140 cm³/mol. The van der Waals surface area contributed by atoms with Crippen molar-refractivity contribution in [2.75, 3.05) is 10.0 Å². The first-order chi connectivity index (χ1) is 17.7. The molecule has 1 saturated carbocycles. The van der Waals surface area contributed by atoms with Gasteiger partial charge in [0.1, 0.15) is 0 Å². The van der Waals surface area contributed by atoms with Crippen LogP contribution in [0.2, 0.25) is 0 Å². The van der Waals surface area contributed by atoms with E-state index in [0.29, 0.717) is 23.4 Å². The van der Waals surface area contributed by atoms with Crippen LogP contribution in [0.3, 0.4) is 0 Å². The fourth-order valence-electron chi connectivity index (χ4n) is 3.79. The molecular weight excluding hydrogens is 490 g/mol. The number of nitrogens with two attached hydrogens (primary N) is 1. The third kappa shape index (κ3) is 5.71. The van der Waals surface area contributed by atoms with Crippen LogP contribution in [0, 0.1) is 5.41 Å². The molecule has 1 amide bonds. The number of nitrogens with one attached hydrogen (secondary N) is 2. The predicted octanol–water partition coefficient (Wildman–Crippen LogP) is 4.52. The summed E-state index contributed by atoms with van der Waals surface area (Å²) in [5.41, 5.74) is 8.45. The summed E-state index contributed by atoms with van der Waals surface area (Å²) < 4.78 is 34.0. The van der Waals surface area contributed by atoms with Gasteiger partial charge in [0.2, 0.25) is 17.6 Å². The molecule has 1 atom stereocenters. The van der Waals surface area contributed by atoms with Crippen LogP contribution in [-0.2, 0) is 21.2 Å². The first-order valence-corrected chi connectivity index (χ1v) is 13.4. The lowest BCUT2D eigenvalue weighted by molar-refractivity contribution is -0.120. The van der Waals surface area contributed by atoms with Gasteiger partial charge < -0.3 is 15.6 Å². The number of carbonyl (C=O) groups is 1. The molecule has 1 aliphatic rings. The van der Waals surface area contributed by atoms with Crippen molar-refractivity contribution in [1.82, 2.24) is 10.1 Å². The minimum atomic E-state index is -3.89. The highest BCUT2D eigenvalue weighted by molar-refractivity contribution is 7.92. The maximum absolute atomic E-state index is 13.0. The molecule has 37 heavy (non-hydrogen) atoms. The maximum Gasteiger partial charge on any atom is 0.261 e. The molecule has 1 aliphatic carbocycles. The second kappa shape index (κ2) is 9.79. The quantitative estimate of drug-likeness (QED) is 0.296. The van der Waals surface area contributed by atoms with E-state index in [0.717, 1.165) is 18.4 Å². The lowest BCUT2D eigenvalue weighted by Gasteiger charge is -2.12. The van der Waals surface area contributed by atoms with Crippen molar-refractivity contribution in [3.63, 3.8) is 0 Å². The van der Waals surface area contributed by atoms with E-state index in [9.17, 15) is 13.2 Å². The van der Waals surface area contributed by atoms with Gasteiger partial charge in [-0.2, -0.15) is 4.98 Å². The van der Waals surface area contributed by atoms with Crippen LogP contribution < -0.4 is 15.8 Å². The maximum atomic E-state index is 13.0. The van der Waals surface area contributed by atoms with Crippen molar-refractivity contribution in [3.05, 3.63) is 90.3 Å². The Bertz CT molecular complexity index is 1510. The molecule has 0 saturated heterocycles. The van der Waals surface area contributed by atoms with Gasteiger partial charge in [0.15, 0.2) is 0 Å². The molecule has 3 aromatic carbocycles. The highest BCUT2D eigenvalue weighted by Crippen LogP contribution is 2.45. The van der Waals surface area contributed by atoms with Gasteiger partial charge in [-0.1, -0.05) is 54.5 Å². The third-order valence-corrected chi connectivity index (χ3v) is 7.78. The number of benzene rings is 3. The van der Waals surface area contributed by atoms with Gasteiger partial charge in [-0.25, -0.2) is 8.42 Å². The van der Waals surface area contributed by atoms with Crippen LogP contribution in [0.1, 0.15) is 37.3 Å². The third-order valence-electron chi connectivity index (χ3n) is 6.40. The zero-order chi connectivity index (χ0) is 26.0. The molecule has 4 N–H and O–H groups in total. The van der Waals surface area contributed by atoms with Gasteiger partial charge in [-0.15, -0.1) is 0 Å². The van der Waals surface area contributed by atoms with E-state index in [1.54, 1.807) is 36.4 Å². The minimum absolute atomic E-state index is 0.0247. The Hall–Kier alpha value is -4.02. The largest absolute Gasteiger partial charge is 0.337 e. The number of sulfonamides is 1. The Balaban J connectivity index is 1.27. The van der Waals surface area contributed by atoms with E-state index >= 15 is 0 Å². The van der Waals surface area contributed by atoms with E-state index in [1.165, 1.54) is 12.1 Å². The summed E-state index contributed by atoms with van der Waals surface area (Å²) in [4.78, 5) is 16.7. The van der Waals surface area contributed by atoms with Crippen LogP contribution >= 0.6 is 0 Å². The Morgan fingerprint density at radius 2 is 1.73 bits per heavy atom. The molecule has 0 spiro atoms. The molecule has 4 aromatic rings. The zero-order valence-electron chi connectivity index (χ0n) is 20.2. The van der Waals surface area contributed by atoms with E-state index in [1.807, 2.05) is 37.3 Å². The molecule has 10 heteroatoms. The number of nitrogens with zero attached hydrogens (tertiary/aromatic N) is 2. The van der Waals surface area contributed by atoms with Crippen molar-refractivity contribution < 1.29 is 17.7 Å². The molecule has 0 aliphatic heterocycles. The molecule has 9 nitrogen and oxygen atoms in total. The minimum Gasteiger partial charge on any atom is -0.337 e. The number of rotatable bonds is 9. The van der Waals surface area contributed by atoms with Gasteiger partial charge in [-0.3, -0.25) is 9.52 Å². The van der Waals surface area contributed by atoms with Crippen molar-refractivity contribution >= 4 is 27.3 Å². The molecule has 1 unspecified atom stereocenters. The number of hydrogen-bond donors (Lipinski definition) is 3. The second-order valence-corrected chi connectivity index (χ2v) is 11.2. The molecular formula is C27H27N5O4S. The standard InChI is InChI=1S/C27H27N5O4S/c1-27(14-15-27)26(33)29-20-10-12-21(13-11-20)32-37(34,35)22-9-5-8-19(17-22)24-30-25(36-31-24)23(28)16-18-6-3-2-4-7-18/h2-13,17,23,32H,14-16,28H2,1H3,(H,29,33). The van der Waals surface area contributed by atoms with Crippen LogP contribution in [-0.4, -0.2) is 24.5 Å². The molecule has 0 radical (unpaired) electrons. The smallest absolute Gasteiger partial charge is 0.261 e. The SMILES string of the molecule is CC1(C(=O)Nc2ccc(NS(=O)(=O)c3cccc(-c4noc(C(N)Cc5ccccc5)n4)c3)cc2)CC1. The van der Waals surface area contributed by atoms with Crippen molar-refractivity contribution in [1.29, 1.82) is 0 Å². The van der Waals surface area contributed by atoms with Gasteiger partial charge in [-0.05, 0) is 61.2 Å². The highest BCUT2D eigenvalue weighted by Gasteiger charge is 2.44. The first-order valence-electron chi connectivity index (χ1n) is 11.9. The normalized spacial score (nSPS) is 15.1. The summed E-state index contributed by atoms with van der Waals surface area (Å²) in [6.45, 7) is 1.92. The second-order valence-electron chi connectivity index (χ2n) is 9.48. The van der Waals surface area contributed by atoms with Crippen LogP contribution in [0.25, 0.3) is 11.4 Å². The summed E-state index contributed by atoms with van der Waals surface area (Å²) in [6.07, 6.45) is 2.28. The average Bonchev–Trinajstić information content (AvgIpc) is 3.45. The first kappa shape index (κ1) is 24.7. The summed E-state index contributed by atoms with van der Waals surface area (Å²) in [7, 11) is -3.89.